The average Bonchev–Trinajstić information content (AvgIpc) is 2.76. The van der Waals surface area contributed by atoms with Gasteiger partial charge in [-0.2, -0.15) is 0 Å². The Kier molecular flexibility index (Phi) is 6.87. The molecule has 0 aliphatic carbocycles. The van der Waals surface area contributed by atoms with E-state index in [-0.39, 0.29) is 14.9 Å². The van der Waals surface area contributed by atoms with E-state index in [4.69, 9.17) is 23.2 Å². The monoisotopic (exact) mass is 514 g/mol. The summed E-state index contributed by atoms with van der Waals surface area (Å²) in [6, 6.07) is 16.6. The summed E-state index contributed by atoms with van der Waals surface area (Å²) in [5.74, 6) is 2.42. The molecular formula is C23H20Cl2N6O2S. The summed E-state index contributed by atoms with van der Waals surface area (Å²) in [4.78, 5) is 13.0. The summed E-state index contributed by atoms with van der Waals surface area (Å²) in [5.41, 5.74) is 2.16. The van der Waals surface area contributed by atoms with Gasteiger partial charge in [0, 0.05) is 28.7 Å². The van der Waals surface area contributed by atoms with E-state index in [1.807, 2.05) is 19.1 Å². The van der Waals surface area contributed by atoms with Crippen molar-refractivity contribution in [3.8, 4) is 0 Å². The quantitative estimate of drug-likeness (QED) is 0.274. The first-order valence-electron chi connectivity index (χ1n) is 10.1. The van der Waals surface area contributed by atoms with Crippen molar-refractivity contribution in [2.24, 2.45) is 0 Å². The molecule has 0 aliphatic heterocycles. The maximum absolute atomic E-state index is 12.7. The first-order chi connectivity index (χ1) is 16.2. The van der Waals surface area contributed by atoms with Gasteiger partial charge in [0.25, 0.3) is 10.0 Å². The number of hydrogen-bond donors (Lipinski definition) is 3. The first-order valence-corrected chi connectivity index (χ1v) is 12.3. The van der Waals surface area contributed by atoms with Crippen LogP contribution in [-0.2, 0) is 10.0 Å². The van der Waals surface area contributed by atoms with E-state index in [2.05, 4.69) is 30.3 Å². The number of nitrogens with one attached hydrogen (secondary N) is 3. The predicted molar refractivity (Wildman–Crippen MR) is 136 cm³/mol. The Morgan fingerprint density at radius 2 is 1.44 bits per heavy atom. The number of nitrogens with zero attached hydrogens (tertiary/aromatic N) is 3. The van der Waals surface area contributed by atoms with Crippen molar-refractivity contribution < 1.29 is 8.42 Å². The lowest BCUT2D eigenvalue weighted by atomic mass is 10.3. The molecule has 3 N–H and O–H groups in total. The van der Waals surface area contributed by atoms with Crippen LogP contribution in [0.15, 0.2) is 71.8 Å². The summed E-state index contributed by atoms with van der Waals surface area (Å²) >= 11 is 12.0. The molecule has 174 valence electrons. The van der Waals surface area contributed by atoms with E-state index in [9.17, 15) is 8.42 Å². The Bertz CT molecular complexity index is 1450. The zero-order valence-corrected chi connectivity index (χ0v) is 20.5. The molecule has 4 rings (SSSR count). The number of aryl methyl sites for hydroxylation is 2. The highest BCUT2D eigenvalue weighted by Gasteiger charge is 2.18. The van der Waals surface area contributed by atoms with Crippen molar-refractivity contribution in [2.45, 2.75) is 18.7 Å². The van der Waals surface area contributed by atoms with Crippen LogP contribution >= 0.6 is 23.2 Å². The van der Waals surface area contributed by atoms with E-state index in [0.29, 0.717) is 34.7 Å². The molecule has 8 nitrogen and oxygen atoms in total. The van der Waals surface area contributed by atoms with E-state index < -0.39 is 10.0 Å². The molecule has 0 unspecified atom stereocenters. The third-order valence-electron chi connectivity index (χ3n) is 4.60. The Morgan fingerprint density at radius 3 is 2.15 bits per heavy atom. The Hall–Kier alpha value is -3.40. The molecule has 2 aromatic carbocycles. The second-order valence-corrected chi connectivity index (χ2v) is 9.91. The van der Waals surface area contributed by atoms with Crippen molar-refractivity contribution in [3.05, 3.63) is 88.3 Å². The smallest absolute Gasteiger partial charge is 0.263 e. The average molecular weight is 515 g/mol. The lowest BCUT2D eigenvalue weighted by Gasteiger charge is -2.12. The van der Waals surface area contributed by atoms with Crippen LogP contribution in [0.25, 0.3) is 0 Å². The van der Waals surface area contributed by atoms with Crippen LogP contribution in [0.1, 0.15) is 11.4 Å². The highest BCUT2D eigenvalue weighted by atomic mass is 35.5. The van der Waals surface area contributed by atoms with E-state index in [1.54, 1.807) is 43.5 Å². The molecule has 0 radical (unpaired) electrons. The number of aromatic nitrogens is 3. The van der Waals surface area contributed by atoms with Crippen molar-refractivity contribution in [2.75, 3.05) is 15.4 Å². The number of halogens is 2. The molecule has 34 heavy (non-hydrogen) atoms. The fourth-order valence-corrected chi connectivity index (χ4v) is 4.92. The predicted octanol–water partition coefficient (Wildman–Crippen LogP) is 6.08. The molecular weight excluding hydrogens is 495 g/mol. The maximum Gasteiger partial charge on any atom is 0.263 e. The minimum Gasteiger partial charge on any atom is -0.340 e. The van der Waals surface area contributed by atoms with Crippen LogP contribution in [0.4, 0.5) is 28.8 Å². The van der Waals surface area contributed by atoms with Gasteiger partial charge in [0.05, 0.1) is 5.02 Å². The Balaban J connectivity index is 1.48. The molecule has 4 aromatic rings. The summed E-state index contributed by atoms with van der Waals surface area (Å²) in [6.45, 7) is 3.78. The molecule has 11 heteroatoms. The van der Waals surface area contributed by atoms with Crippen molar-refractivity contribution in [1.29, 1.82) is 0 Å². The topological polar surface area (TPSA) is 109 Å². The number of sulfonamides is 1. The molecule has 2 aromatic heterocycles. The molecule has 0 atom stereocenters. The molecule has 0 fully saturated rings. The SMILES string of the molecule is Cc1ccnc(Nc2cc(Nc3ccc(NS(=O)(=O)c4cc(Cl)ccc4Cl)cc3)nc(C)n2)c1. The molecule has 0 aliphatic rings. The van der Waals surface area contributed by atoms with Gasteiger partial charge in [0.2, 0.25) is 0 Å². The van der Waals surface area contributed by atoms with Gasteiger partial charge in [-0.1, -0.05) is 23.2 Å². The van der Waals surface area contributed by atoms with Crippen LogP contribution in [0.2, 0.25) is 10.0 Å². The first kappa shape index (κ1) is 23.7. The number of anilines is 5. The zero-order chi connectivity index (χ0) is 24.3. The van der Waals surface area contributed by atoms with E-state index in [0.717, 1.165) is 5.56 Å². The van der Waals surface area contributed by atoms with Gasteiger partial charge < -0.3 is 10.6 Å². The van der Waals surface area contributed by atoms with Gasteiger partial charge in [0.15, 0.2) is 0 Å². The van der Waals surface area contributed by atoms with Crippen LogP contribution in [-0.4, -0.2) is 23.4 Å². The molecule has 0 saturated carbocycles. The Morgan fingerprint density at radius 1 is 0.765 bits per heavy atom. The zero-order valence-electron chi connectivity index (χ0n) is 18.2. The van der Waals surface area contributed by atoms with E-state index >= 15 is 0 Å². The van der Waals surface area contributed by atoms with Gasteiger partial charge in [-0.15, -0.1) is 0 Å². The third-order valence-corrected chi connectivity index (χ3v) is 6.70. The second-order valence-electron chi connectivity index (χ2n) is 7.41. The summed E-state index contributed by atoms with van der Waals surface area (Å²) in [7, 11) is -3.90. The van der Waals surface area contributed by atoms with Crippen molar-refractivity contribution in [1.82, 2.24) is 15.0 Å². The van der Waals surface area contributed by atoms with Crippen LogP contribution in [0.3, 0.4) is 0 Å². The largest absolute Gasteiger partial charge is 0.340 e. The molecule has 0 bridgehead atoms. The highest BCUT2D eigenvalue weighted by molar-refractivity contribution is 7.92. The van der Waals surface area contributed by atoms with Gasteiger partial charge in [-0.25, -0.2) is 23.4 Å². The highest BCUT2D eigenvalue weighted by Crippen LogP contribution is 2.28. The number of benzene rings is 2. The molecule has 0 saturated heterocycles. The van der Waals surface area contributed by atoms with Crippen LogP contribution in [0, 0.1) is 13.8 Å². The standard InChI is InChI=1S/C23H20Cl2N6O2S/c1-14-9-10-26-21(11-14)30-23-13-22(27-15(2)28-23)29-17-4-6-18(7-5-17)31-34(32,33)20-12-16(24)3-8-19(20)25/h3-13,31H,1-2H3,(H2,26,27,28,29,30). The number of hydrogen-bond acceptors (Lipinski definition) is 7. The number of pyridine rings is 1. The van der Waals surface area contributed by atoms with Crippen molar-refractivity contribution in [3.63, 3.8) is 0 Å². The van der Waals surface area contributed by atoms with Crippen molar-refractivity contribution >= 4 is 62.1 Å². The minimum atomic E-state index is -3.90. The summed E-state index contributed by atoms with van der Waals surface area (Å²) in [6.07, 6.45) is 1.72. The van der Waals surface area contributed by atoms with E-state index in [1.165, 1.54) is 18.2 Å². The third kappa shape index (κ3) is 5.93. The number of rotatable bonds is 7. The van der Waals surface area contributed by atoms with Gasteiger partial charge in [0.1, 0.15) is 28.2 Å². The molecule has 0 amide bonds. The van der Waals surface area contributed by atoms with Gasteiger partial charge in [-0.3, -0.25) is 4.72 Å². The fourth-order valence-electron chi connectivity index (χ4n) is 3.09. The lowest BCUT2D eigenvalue weighted by molar-refractivity contribution is 0.601. The molecule has 2 heterocycles. The lowest BCUT2D eigenvalue weighted by Crippen LogP contribution is -2.13. The fraction of sp³-hybridized carbons (Fsp3) is 0.0870. The van der Waals surface area contributed by atoms with Crippen LogP contribution in [0.5, 0.6) is 0 Å². The molecule has 0 spiro atoms. The summed E-state index contributed by atoms with van der Waals surface area (Å²) in [5, 5.41) is 6.72. The second kappa shape index (κ2) is 9.84. The normalized spacial score (nSPS) is 11.2. The minimum absolute atomic E-state index is 0.0830. The Labute approximate surface area is 207 Å². The summed E-state index contributed by atoms with van der Waals surface area (Å²) < 4.78 is 27.9. The van der Waals surface area contributed by atoms with Crippen LogP contribution < -0.4 is 15.4 Å². The van der Waals surface area contributed by atoms with Gasteiger partial charge in [-0.05, 0) is 74.0 Å². The maximum atomic E-state index is 12.7. The van der Waals surface area contributed by atoms with Gasteiger partial charge >= 0.3 is 0 Å².